The van der Waals surface area contributed by atoms with Crippen molar-refractivity contribution in [1.29, 1.82) is 5.26 Å². The number of carbonyl (C=O) groups is 1. The van der Waals surface area contributed by atoms with Crippen LogP contribution in [0.25, 0.3) is 16.9 Å². The van der Waals surface area contributed by atoms with Gasteiger partial charge in [0.25, 0.3) is 5.91 Å². The summed E-state index contributed by atoms with van der Waals surface area (Å²) in [6.45, 7) is 3.89. The minimum absolute atomic E-state index is 0.125. The number of nitrogens with one attached hydrogen (secondary N) is 1. The molecule has 2 aromatic heterocycles. The first kappa shape index (κ1) is 19.2. The highest BCUT2D eigenvalue weighted by Crippen LogP contribution is 2.31. The van der Waals surface area contributed by atoms with Crippen LogP contribution < -0.4 is 10.2 Å². The molecule has 2 aliphatic heterocycles. The molecular formula is C22H20FN7O. The van der Waals surface area contributed by atoms with Crippen LogP contribution >= 0.6 is 0 Å². The van der Waals surface area contributed by atoms with Gasteiger partial charge < -0.3 is 15.1 Å². The predicted molar refractivity (Wildman–Crippen MR) is 112 cm³/mol. The largest absolute Gasteiger partial charge is 0.353 e. The third kappa shape index (κ3) is 3.31. The van der Waals surface area contributed by atoms with Gasteiger partial charge in [-0.25, -0.2) is 14.1 Å². The standard InChI is InChI=1S/C22H20FN7O/c1-28-7-9-29(10-8-28)19-5-6-30(27-19)18-11-16(26-17-13-25-22(31)21(17)18)20-14(12-24)3-2-4-15(20)23/h2-6,11H,7-10,13H2,1H3,(H,25,31). The Bertz CT molecular complexity index is 1220. The minimum atomic E-state index is -0.534. The molecule has 1 N–H and O–H groups in total. The summed E-state index contributed by atoms with van der Waals surface area (Å²) in [6, 6.07) is 9.91. The van der Waals surface area contributed by atoms with E-state index in [-0.39, 0.29) is 23.6 Å². The van der Waals surface area contributed by atoms with Gasteiger partial charge in [-0.05, 0) is 25.2 Å². The summed E-state index contributed by atoms with van der Waals surface area (Å²) in [6.07, 6.45) is 1.80. The fraction of sp³-hybridized carbons (Fsp3) is 0.273. The molecule has 1 fully saturated rings. The molecule has 0 spiro atoms. The van der Waals surface area contributed by atoms with Crippen molar-refractivity contribution in [1.82, 2.24) is 25.0 Å². The second-order valence-electron chi connectivity index (χ2n) is 7.71. The molecule has 1 amide bonds. The summed E-state index contributed by atoms with van der Waals surface area (Å²) in [5.74, 6) is 0.0466. The molecule has 4 heterocycles. The second kappa shape index (κ2) is 7.49. The lowest BCUT2D eigenvalue weighted by atomic mass is 10.0. The molecular weight excluding hydrogens is 397 g/mol. The highest BCUT2D eigenvalue weighted by Gasteiger charge is 2.28. The molecule has 0 aliphatic carbocycles. The van der Waals surface area contributed by atoms with Gasteiger partial charge in [0.05, 0.1) is 46.4 Å². The maximum atomic E-state index is 14.7. The SMILES string of the molecule is CN1CCN(c2ccn(-c3cc(-c4c(F)cccc4C#N)nc4c3C(=O)NC4)n2)CC1. The third-order valence-electron chi connectivity index (χ3n) is 5.76. The number of nitrogens with zero attached hydrogens (tertiary/aromatic N) is 6. The van der Waals surface area contributed by atoms with E-state index in [9.17, 15) is 14.4 Å². The van der Waals surface area contributed by atoms with Crippen molar-refractivity contribution < 1.29 is 9.18 Å². The van der Waals surface area contributed by atoms with Crippen LogP contribution in [0, 0.1) is 17.1 Å². The van der Waals surface area contributed by atoms with Crippen molar-refractivity contribution in [3.05, 3.63) is 59.2 Å². The van der Waals surface area contributed by atoms with E-state index < -0.39 is 5.82 Å². The van der Waals surface area contributed by atoms with Crippen LogP contribution in [0.3, 0.4) is 0 Å². The fourth-order valence-electron chi connectivity index (χ4n) is 4.05. The van der Waals surface area contributed by atoms with Crippen LogP contribution in [0.5, 0.6) is 0 Å². The Hall–Kier alpha value is -3.77. The number of pyridine rings is 1. The molecule has 156 valence electrons. The first-order valence-electron chi connectivity index (χ1n) is 10.1. The summed E-state index contributed by atoms with van der Waals surface area (Å²) in [5, 5.41) is 16.9. The molecule has 3 aromatic rings. The van der Waals surface area contributed by atoms with Gasteiger partial charge in [0.1, 0.15) is 5.82 Å². The summed E-state index contributed by atoms with van der Waals surface area (Å²) in [7, 11) is 2.09. The molecule has 8 nitrogen and oxygen atoms in total. The highest BCUT2D eigenvalue weighted by molar-refractivity contribution is 6.01. The van der Waals surface area contributed by atoms with Crippen LogP contribution in [-0.2, 0) is 6.54 Å². The summed E-state index contributed by atoms with van der Waals surface area (Å²) < 4.78 is 16.3. The van der Waals surface area contributed by atoms with Crippen LogP contribution in [0.4, 0.5) is 10.2 Å². The Balaban J connectivity index is 1.62. The fourth-order valence-corrected chi connectivity index (χ4v) is 4.05. The number of piperazine rings is 1. The number of amides is 1. The Kier molecular flexibility index (Phi) is 4.64. The smallest absolute Gasteiger partial charge is 0.255 e. The van der Waals surface area contributed by atoms with Gasteiger partial charge in [0, 0.05) is 38.4 Å². The molecule has 31 heavy (non-hydrogen) atoms. The Morgan fingerprint density at radius 3 is 2.74 bits per heavy atom. The lowest BCUT2D eigenvalue weighted by Crippen LogP contribution is -2.44. The van der Waals surface area contributed by atoms with Crippen molar-refractivity contribution in [2.24, 2.45) is 0 Å². The lowest BCUT2D eigenvalue weighted by Gasteiger charge is -2.32. The van der Waals surface area contributed by atoms with E-state index in [2.05, 4.69) is 27.1 Å². The van der Waals surface area contributed by atoms with Gasteiger partial charge in [-0.1, -0.05) is 6.07 Å². The Morgan fingerprint density at radius 1 is 1.16 bits per heavy atom. The van der Waals surface area contributed by atoms with Crippen molar-refractivity contribution >= 4 is 11.7 Å². The van der Waals surface area contributed by atoms with Gasteiger partial charge in [-0.2, -0.15) is 10.4 Å². The topological polar surface area (TPSA) is 90.1 Å². The number of hydrogen-bond acceptors (Lipinski definition) is 6. The number of hydrogen-bond donors (Lipinski definition) is 1. The number of fused-ring (bicyclic) bond motifs is 1. The average Bonchev–Trinajstić information content (AvgIpc) is 3.41. The number of anilines is 1. The number of benzene rings is 1. The molecule has 0 unspecified atom stereocenters. The molecule has 1 saturated heterocycles. The number of nitriles is 1. The molecule has 1 aromatic carbocycles. The quantitative estimate of drug-likeness (QED) is 0.701. The van der Waals surface area contributed by atoms with Gasteiger partial charge in [0.2, 0.25) is 0 Å². The average molecular weight is 417 g/mol. The maximum Gasteiger partial charge on any atom is 0.255 e. The van der Waals surface area contributed by atoms with E-state index in [1.54, 1.807) is 23.0 Å². The van der Waals surface area contributed by atoms with E-state index in [1.807, 2.05) is 12.1 Å². The van der Waals surface area contributed by atoms with E-state index in [0.29, 0.717) is 22.6 Å². The van der Waals surface area contributed by atoms with Gasteiger partial charge in [0.15, 0.2) is 5.82 Å². The first-order valence-corrected chi connectivity index (χ1v) is 10.1. The first-order chi connectivity index (χ1) is 15.0. The van der Waals surface area contributed by atoms with E-state index >= 15 is 0 Å². The van der Waals surface area contributed by atoms with Crippen LogP contribution in [0.1, 0.15) is 21.6 Å². The minimum Gasteiger partial charge on any atom is -0.353 e. The summed E-state index contributed by atoms with van der Waals surface area (Å²) >= 11 is 0. The van der Waals surface area contributed by atoms with Crippen molar-refractivity contribution in [2.75, 3.05) is 38.1 Å². The second-order valence-corrected chi connectivity index (χ2v) is 7.71. The lowest BCUT2D eigenvalue weighted by molar-refractivity contribution is 0.0965. The summed E-state index contributed by atoms with van der Waals surface area (Å²) in [5.41, 5.74) is 2.07. The number of carbonyl (C=O) groups excluding carboxylic acids is 1. The zero-order valence-corrected chi connectivity index (χ0v) is 17.0. The van der Waals surface area contributed by atoms with Crippen LogP contribution in [0.15, 0.2) is 36.5 Å². The van der Waals surface area contributed by atoms with E-state index in [4.69, 9.17) is 5.10 Å². The van der Waals surface area contributed by atoms with Gasteiger partial charge in [-0.15, -0.1) is 0 Å². The van der Waals surface area contributed by atoms with Crippen molar-refractivity contribution in [2.45, 2.75) is 6.54 Å². The molecule has 0 atom stereocenters. The molecule has 0 saturated carbocycles. The molecule has 0 bridgehead atoms. The number of halogens is 1. The van der Waals surface area contributed by atoms with Crippen molar-refractivity contribution in [3.8, 4) is 23.0 Å². The monoisotopic (exact) mass is 417 g/mol. The third-order valence-corrected chi connectivity index (χ3v) is 5.76. The van der Waals surface area contributed by atoms with E-state index in [1.165, 1.54) is 12.1 Å². The Morgan fingerprint density at radius 2 is 1.97 bits per heavy atom. The highest BCUT2D eigenvalue weighted by atomic mass is 19.1. The summed E-state index contributed by atoms with van der Waals surface area (Å²) in [4.78, 5) is 21.5. The number of aromatic nitrogens is 3. The molecule has 9 heteroatoms. The maximum absolute atomic E-state index is 14.7. The zero-order chi connectivity index (χ0) is 21.5. The number of likely N-dealkylation sites (N-methyl/N-ethyl adjacent to an activating group) is 1. The Labute approximate surface area is 178 Å². The van der Waals surface area contributed by atoms with Crippen LogP contribution in [0.2, 0.25) is 0 Å². The van der Waals surface area contributed by atoms with Crippen LogP contribution in [-0.4, -0.2) is 58.8 Å². The van der Waals surface area contributed by atoms with Gasteiger partial charge in [-0.3, -0.25) is 4.79 Å². The normalized spacial score (nSPS) is 16.2. The molecule has 0 radical (unpaired) electrons. The zero-order valence-electron chi connectivity index (χ0n) is 17.0. The molecule has 5 rings (SSSR count). The predicted octanol–water partition coefficient (Wildman–Crippen LogP) is 1.94. The van der Waals surface area contributed by atoms with E-state index in [0.717, 1.165) is 32.0 Å². The number of rotatable bonds is 3. The van der Waals surface area contributed by atoms with Crippen molar-refractivity contribution in [3.63, 3.8) is 0 Å². The molecule has 2 aliphatic rings. The van der Waals surface area contributed by atoms with Gasteiger partial charge >= 0.3 is 0 Å².